The lowest BCUT2D eigenvalue weighted by Crippen LogP contribution is -2.48. The molecule has 0 amide bonds. The van der Waals surface area contributed by atoms with Crippen molar-refractivity contribution in [1.82, 2.24) is 9.80 Å². The molecule has 5 aliphatic heterocycles. The molecule has 2 atom stereocenters. The van der Waals surface area contributed by atoms with Crippen molar-refractivity contribution in [3.8, 4) is 11.5 Å². The standard InChI is InChI=1S/C36H26N2O4/c39-35-30(23-11-3-1-4-12-23)26-15-7-9-19-37(26)33(35)32(25-17-18-28-29(21-25)42-22-41-28)34-36(40)31(24-13-5-2-6-14-24)27-16-8-10-20-38(27)34/h1-21,32-34H,22H2. The van der Waals surface area contributed by atoms with Gasteiger partial charge in [-0.05, 0) is 53.1 Å². The van der Waals surface area contributed by atoms with Crippen LogP contribution in [0, 0.1) is 0 Å². The van der Waals surface area contributed by atoms with Crippen molar-refractivity contribution in [2.45, 2.75) is 18.0 Å². The quantitative estimate of drug-likeness (QED) is 0.389. The van der Waals surface area contributed by atoms with Gasteiger partial charge in [-0.3, -0.25) is 9.59 Å². The van der Waals surface area contributed by atoms with Gasteiger partial charge in [0, 0.05) is 18.3 Å². The van der Waals surface area contributed by atoms with Gasteiger partial charge in [0.2, 0.25) is 6.79 Å². The minimum atomic E-state index is -0.665. The van der Waals surface area contributed by atoms with Gasteiger partial charge < -0.3 is 19.3 Å². The van der Waals surface area contributed by atoms with E-state index in [0.717, 1.165) is 28.1 Å². The molecule has 3 aromatic carbocycles. The Kier molecular flexibility index (Phi) is 5.60. The second kappa shape index (κ2) is 9.63. The average molecular weight is 551 g/mol. The molecular weight excluding hydrogens is 524 g/mol. The van der Waals surface area contributed by atoms with Crippen LogP contribution in [0.5, 0.6) is 11.5 Å². The first-order valence-electron chi connectivity index (χ1n) is 14.0. The Morgan fingerprint density at radius 2 is 1.14 bits per heavy atom. The topological polar surface area (TPSA) is 59.1 Å². The summed E-state index contributed by atoms with van der Waals surface area (Å²) in [6.45, 7) is 0.140. The van der Waals surface area contributed by atoms with Crippen molar-refractivity contribution >= 4 is 22.7 Å². The molecule has 42 heavy (non-hydrogen) atoms. The minimum Gasteiger partial charge on any atom is -0.454 e. The second-order valence-electron chi connectivity index (χ2n) is 10.7. The van der Waals surface area contributed by atoms with Gasteiger partial charge in [0.15, 0.2) is 23.1 Å². The molecule has 0 bridgehead atoms. The lowest BCUT2D eigenvalue weighted by atomic mass is 9.79. The van der Waals surface area contributed by atoms with Gasteiger partial charge >= 0.3 is 0 Å². The number of benzene rings is 3. The van der Waals surface area contributed by atoms with Crippen molar-refractivity contribution in [2.75, 3.05) is 6.79 Å². The normalized spacial score (nSPS) is 22.4. The summed E-state index contributed by atoms with van der Waals surface area (Å²) >= 11 is 0. The monoisotopic (exact) mass is 550 g/mol. The van der Waals surface area contributed by atoms with Gasteiger partial charge in [-0.1, -0.05) is 78.9 Å². The maximum atomic E-state index is 14.7. The highest BCUT2D eigenvalue weighted by Gasteiger charge is 2.53. The number of allylic oxidation sites excluding steroid dienone is 6. The van der Waals surface area contributed by atoms with Crippen LogP contribution in [0.4, 0.5) is 0 Å². The largest absolute Gasteiger partial charge is 0.454 e. The van der Waals surface area contributed by atoms with Gasteiger partial charge in [-0.2, -0.15) is 0 Å². The van der Waals surface area contributed by atoms with Crippen LogP contribution >= 0.6 is 0 Å². The number of rotatable bonds is 5. The number of hydrogen-bond donors (Lipinski definition) is 0. The van der Waals surface area contributed by atoms with Crippen molar-refractivity contribution < 1.29 is 19.1 Å². The fourth-order valence-electron chi connectivity index (χ4n) is 6.74. The molecule has 0 N–H and O–H groups in total. The van der Waals surface area contributed by atoms with E-state index in [2.05, 4.69) is 0 Å². The Labute approximate surface area is 243 Å². The van der Waals surface area contributed by atoms with E-state index in [1.54, 1.807) is 0 Å². The zero-order valence-electron chi connectivity index (χ0n) is 22.6. The maximum Gasteiger partial charge on any atom is 0.231 e. The molecule has 0 saturated carbocycles. The summed E-state index contributed by atoms with van der Waals surface area (Å²) in [5.74, 6) is 0.689. The van der Waals surface area contributed by atoms with Gasteiger partial charge in [0.1, 0.15) is 12.1 Å². The molecule has 3 aromatic rings. The van der Waals surface area contributed by atoms with E-state index >= 15 is 0 Å². The summed E-state index contributed by atoms with van der Waals surface area (Å²) in [6, 6.07) is 24.0. The third kappa shape index (κ3) is 3.65. The summed E-state index contributed by atoms with van der Waals surface area (Å²) in [5, 5.41) is 0. The Morgan fingerprint density at radius 1 is 0.619 bits per heavy atom. The van der Waals surface area contributed by atoms with Crippen molar-refractivity contribution in [3.05, 3.63) is 156 Å². The van der Waals surface area contributed by atoms with E-state index < -0.39 is 18.0 Å². The zero-order chi connectivity index (χ0) is 28.2. The molecule has 6 nitrogen and oxygen atoms in total. The number of ether oxygens (including phenoxy) is 2. The van der Waals surface area contributed by atoms with Crippen LogP contribution in [0.2, 0.25) is 0 Å². The molecule has 0 spiro atoms. The molecule has 5 heterocycles. The molecular formula is C36H26N2O4. The molecule has 5 aliphatic rings. The van der Waals surface area contributed by atoms with Crippen molar-refractivity contribution in [1.29, 1.82) is 0 Å². The number of nitrogens with zero attached hydrogens (tertiary/aromatic N) is 2. The molecule has 0 fully saturated rings. The zero-order valence-corrected chi connectivity index (χ0v) is 22.6. The number of carbonyl (C=O) groups is 2. The number of carbonyl (C=O) groups excluding carboxylic acids is 2. The third-order valence-corrected chi connectivity index (χ3v) is 8.51. The first-order valence-corrected chi connectivity index (χ1v) is 14.0. The Balaban J connectivity index is 1.31. The van der Waals surface area contributed by atoms with Gasteiger partial charge in [0.05, 0.1) is 22.5 Å². The van der Waals surface area contributed by atoms with E-state index in [9.17, 15) is 9.59 Å². The molecule has 6 heteroatoms. The van der Waals surface area contributed by atoms with Crippen LogP contribution in [-0.4, -0.2) is 40.2 Å². The predicted molar refractivity (Wildman–Crippen MR) is 160 cm³/mol. The van der Waals surface area contributed by atoms with Crippen LogP contribution in [0.1, 0.15) is 22.6 Å². The maximum absolute atomic E-state index is 14.7. The Hall–Kier alpha value is -5.36. The predicted octanol–water partition coefficient (Wildman–Crippen LogP) is 6.00. The summed E-state index contributed by atoms with van der Waals surface area (Å²) in [7, 11) is 0. The lowest BCUT2D eigenvalue weighted by Gasteiger charge is -2.38. The van der Waals surface area contributed by atoms with Crippen LogP contribution in [0.25, 0.3) is 11.1 Å². The molecule has 0 radical (unpaired) electrons. The highest BCUT2D eigenvalue weighted by atomic mass is 16.7. The van der Waals surface area contributed by atoms with E-state index in [4.69, 9.17) is 9.47 Å². The minimum absolute atomic E-state index is 0.0193. The van der Waals surface area contributed by atoms with Crippen LogP contribution in [-0.2, 0) is 9.59 Å². The lowest BCUT2D eigenvalue weighted by molar-refractivity contribution is -0.120. The average Bonchev–Trinajstić information content (AvgIpc) is 3.71. The van der Waals surface area contributed by atoms with E-state index in [1.807, 2.05) is 138 Å². The first-order chi connectivity index (χ1) is 20.7. The number of fused-ring (bicyclic) bond motifs is 3. The first kappa shape index (κ1) is 24.4. The van der Waals surface area contributed by atoms with Crippen LogP contribution in [0.15, 0.2) is 139 Å². The Bertz CT molecular complexity index is 1710. The summed E-state index contributed by atoms with van der Waals surface area (Å²) in [4.78, 5) is 33.5. The smallest absolute Gasteiger partial charge is 0.231 e. The van der Waals surface area contributed by atoms with Gasteiger partial charge in [0.25, 0.3) is 0 Å². The summed E-state index contributed by atoms with van der Waals surface area (Å²) < 4.78 is 11.4. The second-order valence-corrected chi connectivity index (χ2v) is 10.7. The molecule has 8 rings (SSSR count). The van der Waals surface area contributed by atoms with Crippen molar-refractivity contribution in [3.63, 3.8) is 0 Å². The fraction of sp³-hybridized carbons (Fsp3) is 0.111. The number of hydrogen-bond acceptors (Lipinski definition) is 6. The fourth-order valence-corrected chi connectivity index (χ4v) is 6.74. The molecule has 0 saturated heterocycles. The summed E-state index contributed by atoms with van der Waals surface area (Å²) in [6.07, 6.45) is 15.6. The molecule has 2 unspecified atom stereocenters. The van der Waals surface area contributed by atoms with Crippen molar-refractivity contribution in [2.24, 2.45) is 0 Å². The van der Waals surface area contributed by atoms with Crippen LogP contribution in [0.3, 0.4) is 0 Å². The number of ketones is 2. The Morgan fingerprint density at radius 3 is 1.69 bits per heavy atom. The van der Waals surface area contributed by atoms with E-state index in [1.165, 1.54) is 0 Å². The third-order valence-electron chi connectivity index (χ3n) is 8.51. The SMILES string of the molecule is O=C1C(c2ccccc2)=C2C=CC=CN2C1C(c1ccc2c(c1)OCO2)C1C(=O)C(c2ccccc2)=C2C=CC=CN21. The number of Topliss-reactive ketones (excluding diaryl/α,β-unsaturated/α-hetero) is 2. The van der Waals surface area contributed by atoms with E-state index in [0.29, 0.717) is 22.6 Å². The van der Waals surface area contributed by atoms with Gasteiger partial charge in [-0.25, -0.2) is 0 Å². The highest BCUT2D eigenvalue weighted by Crippen LogP contribution is 2.49. The van der Waals surface area contributed by atoms with Gasteiger partial charge in [-0.15, -0.1) is 0 Å². The summed E-state index contributed by atoms with van der Waals surface area (Å²) in [5.41, 5.74) is 5.53. The highest BCUT2D eigenvalue weighted by molar-refractivity contribution is 6.29. The molecule has 0 aliphatic carbocycles. The van der Waals surface area contributed by atoms with E-state index in [-0.39, 0.29) is 18.4 Å². The molecule has 0 aromatic heterocycles. The van der Waals surface area contributed by atoms with Crippen LogP contribution < -0.4 is 9.47 Å². The molecule has 204 valence electrons.